The fourth-order valence-corrected chi connectivity index (χ4v) is 1.98. The SMILES string of the molecule is O=C(CNc1cc(F)cc(F)c1)Nc1cccc(Cl)c1Cl. The Morgan fingerprint density at radius 2 is 1.76 bits per heavy atom. The number of rotatable bonds is 4. The summed E-state index contributed by atoms with van der Waals surface area (Å²) in [6.07, 6.45) is 0. The smallest absolute Gasteiger partial charge is 0.243 e. The highest BCUT2D eigenvalue weighted by molar-refractivity contribution is 6.44. The van der Waals surface area contributed by atoms with E-state index in [1.165, 1.54) is 0 Å². The minimum Gasteiger partial charge on any atom is -0.376 e. The Labute approximate surface area is 129 Å². The van der Waals surface area contributed by atoms with Gasteiger partial charge in [-0.1, -0.05) is 29.3 Å². The van der Waals surface area contributed by atoms with Crippen LogP contribution in [0, 0.1) is 11.6 Å². The molecule has 0 radical (unpaired) electrons. The maximum Gasteiger partial charge on any atom is 0.243 e. The predicted octanol–water partition coefficient (Wildman–Crippen LogP) is 4.32. The Hall–Kier alpha value is -1.85. The maximum atomic E-state index is 13.0. The average Bonchev–Trinajstić information content (AvgIpc) is 2.41. The van der Waals surface area contributed by atoms with Crippen molar-refractivity contribution in [1.29, 1.82) is 0 Å². The Morgan fingerprint density at radius 3 is 2.43 bits per heavy atom. The standard InChI is InChI=1S/C14H10Cl2F2N2O/c15-11-2-1-3-12(14(11)16)20-13(21)7-19-10-5-8(17)4-9(18)6-10/h1-6,19H,7H2,(H,20,21). The fourth-order valence-electron chi connectivity index (χ4n) is 1.63. The normalized spacial score (nSPS) is 10.3. The molecular formula is C14H10Cl2F2N2O. The minimum atomic E-state index is -0.726. The molecule has 0 unspecified atom stereocenters. The second-order valence-corrected chi connectivity index (χ2v) is 4.95. The monoisotopic (exact) mass is 330 g/mol. The number of carbonyl (C=O) groups excluding carboxylic acids is 1. The molecule has 0 saturated heterocycles. The topological polar surface area (TPSA) is 41.1 Å². The molecule has 0 spiro atoms. The molecule has 2 N–H and O–H groups in total. The molecule has 2 aromatic rings. The van der Waals surface area contributed by atoms with Gasteiger partial charge in [0, 0.05) is 11.8 Å². The van der Waals surface area contributed by atoms with Gasteiger partial charge < -0.3 is 10.6 Å². The molecule has 2 rings (SSSR count). The average molecular weight is 331 g/mol. The van der Waals surface area contributed by atoms with Crippen LogP contribution in [0.5, 0.6) is 0 Å². The quantitative estimate of drug-likeness (QED) is 0.876. The Balaban J connectivity index is 1.97. The third kappa shape index (κ3) is 4.31. The number of carbonyl (C=O) groups is 1. The van der Waals surface area contributed by atoms with Crippen molar-refractivity contribution in [3.05, 3.63) is 58.1 Å². The number of anilines is 2. The van der Waals surface area contributed by atoms with Gasteiger partial charge in [-0.15, -0.1) is 0 Å². The molecule has 0 saturated carbocycles. The number of nitrogens with one attached hydrogen (secondary N) is 2. The molecule has 0 atom stereocenters. The van der Waals surface area contributed by atoms with Crippen LogP contribution in [0.3, 0.4) is 0 Å². The molecule has 0 fully saturated rings. The molecule has 3 nitrogen and oxygen atoms in total. The Bertz CT molecular complexity index is 660. The van der Waals surface area contributed by atoms with E-state index in [4.69, 9.17) is 23.2 Å². The molecule has 0 aliphatic rings. The summed E-state index contributed by atoms with van der Waals surface area (Å²) in [4.78, 5) is 11.8. The van der Waals surface area contributed by atoms with Crippen molar-refractivity contribution in [3.63, 3.8) is 0 Å². The van der Waals surface area contributed by atoms with Crippen molar-refractivity contribution in [3.8, 4) is 0 Å². The number of halogens is 4. The van der Waals surface area contributed by atoms with Gasteiger partial charge in [-0.05, 0) is 24.3 Å². The molecule has 1 amide bonds. The van der Waals surface area contributed by atoms with Crippen LogP contribution >= 0.6 is 23.2 Å². The second kappa shape index (κ2) is 6.74. The molecule has 0 aromatic heterocycles. The zero-order chi connectivity index (χ0) is 15.4. The van der Waals surface area contributed by atoms with E-state index >= 15 is 0 Å². The zero-order valence-electron chi connectivity index (χ0n) is 10.6. The third-order valence-corrected chi connectivity index (χ3v) is 3.36. The molecule has 0 aliphatic heterocycles. The van der Waals surface area contributed by atoms with Crippen LogP contribution in [0.1, 0.15) is 0 Å². The van der Waals surface area contributed by atoms with Gasteiger partial charge in [-0.25, -0.2) is 8.78 Å². The molecular weight excluding hydrogens is 321 g/mol. The van der Waals surface area contributed by atoms with Crippen LogP contribution in [0.2, 0.25) is 10.0 Å². The van der Waals surface area contributed by atoms with Gasteiger partial charge in [0.05, 0.1) is 22.3 Å². The molecule has 0 aliphatic carbocycles. The summed E-state index contributed by atoms with van der Waals surface area (Å²) >= 11 is 11.8. The van der Waals surface area contributed by atoms with Gasteiger partial charge in [0.2, 0.25) is 5.91 Å². The van der Waals surface area contributed by atoms with E-state index in [1.54, 1.807) is 18.2 Å². The molecule has 7 heteroatoms. The molecule has 0 heterocycles. The van der Waals surface area contributed by atoms with E-state index < -0.39 is 17.5 Å². The molecule has 2 aromatic carbocycles. The van der Waals surface area contributed by atoms with Gasteiger partial charge >= 0.3 is 0 Å². The summed E-state index contributed by atoms with van der Waals surface area (Å²) < 4.78 is 26.0. The van der Waals surface area contributed by atoms with E-state index in [2.05, 4.69) is 10.6 Å². The van der Waals surface area contributed by atoms with Crippen molar-refractivity contribution in [2.24, 2.45) is 0 Å². The number of hydrogen-bond acceptors (Lipinski definition) is 2. The van der Waals surface area contributed by atoms with Crippen molar-refractivity contribution in [1.82, 2.24) is 0 Å². The van der Waals surface area contributed by atoms with E-state index in [0.29, 0.717) is 10.7 Å². The summed E-state index contributed by atoms with van der Waals surface area (Å²) in [5.41, 5.74) is 0.529. The largest absolute Gasteiger partial charge is 0.376 e. The third-order valence-electron chi connectivity index (χ3n) is 2.54. The first-order valence-electron chi connectivity index (χ1n) is 5.89. The zero-order valence-corrected chi connectivity index (χ0v) is 12.1. The summed E-state index contributed by atoms with van der Waals surface area (Å²) in [7, 11) is 0. The molecule has 0 bridgehead atoms. The van der Waals surface area contributed by atoms with Crippen LogP contribution in [-0.2, 0) is 4.79 Å². The van der Waals surface area contributed by atoms with Gasteiger partial charge in [-0.3, -0.25) is 4.79 Å². The lowest BCUT2D eigenvalue weighted by atomic mass is 10.3. The minimum absolute atomic E-state index is 0.167. The molecule has 110 valence electrons. The first-order valence-corrected chi connectivity index (χ1v) is 6.65. The van der Waals surface area contributed by atoms with Crippen LogP contribution in [0.15, 0.2) is 36.4 Å². The van der Waals surface area contributed by atoms with Crippen molar-refractivity contribution < 1.29 is 13.6 Å². The summed E-state index contributed by atoms with van der Waals surface area (Å²) in [5.74, 6) is -1.88. The summed E-state index contributed by atoms with van der Waals surface area (Å²) in [6, 6.07) is 7.74. The van der Waals surface area contributed by atoms with Crippen molar-refractivity contribution in [2.45, 2.75) is 0 Å². The van der Waals surface area contributed by atoms with E-state index in [1.807, 2.05) is 0 Å². The lowest BCUT2D eigenvalue weighted by Crippen LogP contribution is -2.22. The van der Waals surface area contributed by atoms with E-state index in [9.17, 15) is 13.6 Å². The molecule has 21 heavy (non-hydrogen) atoms. The van der Waals surface area contributed by atoms with Crippen molar-refractivity contribution in [2.75, 3.05) is 17.2 Å². The number of benzene rings is 2. The summed E-state index contributed by atoms with van der Waals surface area (Å²) in [5, 5.41) is 5.70. The van der Waals surface area contributed by atoms with Crippen molar-refractivity contribution >= 4 is 40.5 Å². The predicted molar refractivity (Wildman–Crippen MR) is 79.9 cm³/mol. The number of hydrogen-bond donors (Lipinski definition) is 2. The first-order chi connectivity index (χ1) is 9.95. The van der Waals surface area contributed by atoms with Crippen LogP contribution in [0.4, 0.5) is 20.2 Å². The van der Waals surface area contributed by atoms with E-state index in [0.717, 1.165) is 18.2 Å². The van der Waals surface area contributed by atoms with Gasteiger partial charge in [0.25, 0.3) is 0 Å². The van der Waals surface area contributed by atoms with Crippen LogP contribution < -0.4 is 10.6 Å². The van der Waals surface area contributed by atoms with Gasteiger partial charge in [0.1, 0.15) is 11.6 Å². The highest BCUT2D eigenvalue weighted by Gasteiger charge is 2.08. The van der Waals surface area contributed by atoms with Crippen LogP contribution in [-0.4, -0.2) is 12.5 Å². The first kappa shape index (κ1) is 15.5. The maximum absolute atomic E-state index is 13.0. The Kier molecular flexibility index (Phi) is 4.98. The fraction of sp³-hybridized carbons (Fsp3) is 0.0714. The lowest BCUT2D eigenvalue weighted by molar-refractivity contribution is -0.114. The highest BCUT2D eigenvalue weighted by atomic mass is 35.5. The van der Waals surface area contributed by atoms with Gasteiger partial charge in [0.15, 0.2) is 0 Å². The number of amides is 1. The van der Waals surface area contributed by atoms with Gasteiger partial charge in [-0.2, -0.15) is 0 Å². The Morgan fingerprint density at radius 1 is 1.10 bits per heavy atom. The van der Waals surface area contributed by atoms with E-state index in [-0.39, 0.29) is 17.3 Å². The summed E-state index contributed by atoms with van der Waals surface area (Å²) in [6.45, 7) is -0.175. The lowest BCUT2D eigenvalue weighted by Gasteiger charge is -2.10. The van der Waals surface area contributed by atoms with Crippen LogP contribution in [0.25, 0.3) is 0 Å². The second-order valence-electron chi connectivity index (χ2n) is 4.16. The highest BCUT2D eigenvalue weighted by Crippen LogP contribution is 2.29.